The Morgan fingerprint density at radius 2 is 0.639 bits per heavy atom. The van der Waals surface area contributed by atoms with Crippen LogP contribution in [0.1, 0.15) is 135 Å². The summed E-state index contributed by atoms with van der Waals surface area (Å²) in [7, 11) is 0. The molecule has 2 aliphatic rings. The van der Waals surface area contributed by atoms with Gasteiger partial charge in [0.15, 0.2) is 0 Å². The van der Waals surface area contributed by atoms with Crippen LogP contribution in [-0.2, 0) is 12.8 Å². The zero-order chi connectivity index (χ0) is 29.6. The zero-order valence-electron chi connectivity index (χ0n) is 27.7. The molecule has 0 unspecified atom stereocenters. The normalized spacial score (nSPS) is 10.0. The quantitative estimate of drug-likeness (QED) is 0.352. The van der Waals surface area contributed by atoms with Crippen LogP contribution in [0.3, 0.4) is 0 Å². The fraction of sp³-hybridized carbons (Fsp3) is 0.647. The minimum Gasteiger partial charge on any atom is -0.493 e. The Hall–Kier alpha value is -1.96. The number of aryl methyl sites for hydroxylation is 2. The van der Waals surface area contributed by atoms with Gasteiger partial charge in [-0.15, -0.1) is 0 Å². The van der Waals surface area contributed by atoms with Gasteiger partial charge in [-0.2, -0.15) is 0 Å². The molecule has 0 fully saturated rings. The Morgan fingerprint density at radius 1 is 0.389 bits per heavy atom. The molecule has 2 nitrogen and oxygen atoms in total. The lowest BCUT2D eigenvalue weighted by Crippen LogP contribution is -2.07. The lowest BCUT2D eigenvalue weighted by molar-refractivity contribution is 0.288. The first-order chi connectivity index (χ1) is 17.9. The lowest BCUT2D eigenvalue weighted by atomic mass is 10.1. The van der Waals surface area contributed by atoms with Gasteiger partial charge >= 0.3 is 0 Å². The average Bonchev–Trinajstić information content (AvgIpc) is 3.05. The summed E-state index contributed by atoms with van der Waals surface area (Å²) in [5.41, 5.74) is 2.71. The molecule has 0 amide bonds. The van der Waals surface area contributed by atoms with Gasteiger partial charge in [-0.25, -0.2) is 0 Å². The molecular weight excluding hydrogens is 440 g/mol. The molecule has 0 N–H and O–H groups in total. The van der Waals surface area contributed by atoms with Crippen molar-refractivity contribution in [2.75, 3.05) is 13.2 Å². The number of hydrogen-bond donors (Lipinski definition) is 0. The number of ether oxygens (including phenoxy) is 2. The van der Waals surface area contributed by atoms with Crippen molar-refractivity contribution in [3.05, 3.63) is 59.7 Å². The van der Waals surface area contributed by atoms with Gasteiger partial charge in [-0.1, -0.05) is 147 Å². The fourth-order valence-corrected chi connectivity index (χ4v) is 2.59. The Bertz CT molecular complexity index is 463. The van der Waals surface area contributed by atoms with Crippen molar-refractivity contribution in [2.24, 2.45) is 0 Å². The van der Waals surface area contributed by atoms with E-state index in [0.29, 0.717) is 0 Å². The molecule has 2 heteroatoms. The van der Waals surface area contributed by atoms with Gasteiger partial charge in [-0.05, 0) is 48.9 Å². The molecule has 0 saturated heterocycles. The minimum atomic E-state index is 0.886. The standard InChI is InChI=1S/2C9H10O.8C2H6/c2*1-2-6-9-8(4-1)5-3-7-10-9;8*1-2/h2*1-2,4,6H,3,5,7H2;8*1-2H3. The van der Waals surface area contributed by atoms with Gasteiger partial charge in [0.1, 0.15) is 11.5 Å². The number of para-hydroxylation sites is 2. The van der Waals surface area contributed by atoms with E-state index < -0.39 is 0 Å². The molecule has 0 spiro atoms. The predicted octanol–water partition coefficient (Wildman–Crippen LogP) is 12.2. The molecule has 0 saturated carbocycles. The maximum atomic E-state index is 5.42. The maximum absolute atomic E-state index is 5.42. The molecule has 0 radical (unpaired) electrons. The summed E-state index contributed by atoms with van der Waals surface area (Å²) in [5.74, 6) is 2.16. The van der Waals surface area contributed by atoms with Gasteiger partial charge in [0.05, 0.1) is 13.2 Å². The van der Waals surface area contributed by atoms with E-state index in [2.05, 4.69) is 24.3 Å². The van der Waals surface area contributed by atoms with Crippen LogP contribution in [0.5, 0.6) is 11.5 Å². The van der Waals surface area contributed by atoms with Crippen LogP contribution < -0.4 is 9.47 Å². The van der Waals surface area contributed by atoms with Crippen molar-refractivity contribution < 1.29 is 9.47 Å². The monoisotopic (exact) mass is 509 g/mol. The van der Waals surface area contributed by atoms with Gasteiger partial charge in [0.2, 0.25) is 0 Å². The van der Waals surface area contributed by atoms with Gasteiger partial charge in [0, 0.05) is 0 Å². The molecule has 2 aromatic rings. The molecule has 2 aromatic carbocycles. The second-order valence-corrected chi connectivity index (χ2v) is 5.12. The molecular formula is C34H68O2. The molecule has 0 atom stereocenters. The van der Waals surface area contributed by atoms with Crippen molar-refractivity contribution in [1.82, 2.24) is 0 Å². The van der Waals surface area contributed by atoms with Crippen molar-refractivity contribution in [1.29, 1.82) is 0 Å². The van der Waals surface area contributed by atoms with Crippen LogP contribution in [0.25, 0.3) is 0 Å². The molecule has 0 aromatic heterocycles. The Kier molecular flexibility index (Phi) is 65.7. The minimum absolute atomic E-state index is 0.886. The molecule has 2 aliphatic heterocycles. The molecule has 216 valence electrons. The number of benzene rings is 2. The van der Waals surface area contributed by atoms with Gasteiger partial charge < -0.3 is 9.47 Å². The summed E-state index contributed by atoms with van der Waals surface area (Å²) in [6, 6.07) is 16.5. The Balaban J connectivity index is -0.0000000811. The summed E-state index contributed by atoms with van der Waals surface area (Å²) >= 11 is 0. The van der Waals surface area contributed by atoms with E-state index in [-0.39, 0.29) is 0 Å². The summed E-state index contributed by atoms with van der Waals surface area (Å²) in [6.45, 7) is 33.8. The summed E-state index contributed by atoms with van der Waals surface area (Å²) in [6.07, 6.45) is 4.68. The summed E-state index contributed by atoms with van der Waals surface area (Å²) < 4.78 is 10.8. The lowest BCUT2D eigenvalue weighted by Gasteiger charge is -2.15. The van der Waals surface area contributed by atoms with E-state index in [1.807, 2.05) is 135 Å². The van der Waals surface area contributed by atoms with Crippen molar-refractivity contribution in [3.8, 4) is 11.5 Å². The first-order valence-corrected chi connectivity index (χ1v) is 15.3. The molecule has 0 aliphatic carbocycles. The highest BCUT2D eigenvalue weighted by atomic mass is 16.5. The van der Waals surface area contributed by atoms with Gasteiger partial charge in [0.25, 0.3) is 0 Å². The summed E-state index contributed by atoms with van der Waals surface area (Å²) in [4.78, 5) is 0. The van der Waals surface area contributed by atoms with E-state index in [9.17, 15) is 0 Å². The smallest absolute Gasteiger partial charge is 0.122 e. The first kappa shape index (κ1) is 47.3. The van der Waals surface area contributed by atoms with E-state index in [0.717, 1.165) is 37.6 Å². The third kappa shape index (κ3) is 26.6. The van der Waals surface area contributed by atoms with Crippen molar-refractivity contribution in [3.63, 3.8) is 0 Å². The number of rotatable bonds is 0. The maximum Gasteiger partial charge on any atom is 0.122 e. The van der Waals surface area contributed by atoms with Crippen LogP contribution >= 0.6 is 0 Å². The fourth-order valence-electron chi connectivity index (χ4n) is 2.59. The van der Waals surface area contributed by atoms with Crippen molar-refractivity contribution in [2.45, 2.75) is 136 Å². The largest absolute Gasteiger partial charge is 0.493 e. The highest BCUT2D eigenvalue weighted by Crippen LogP contribution is 2.23. The predicted molar refractivity (Wildman–Crippen MR) is 171 cm³/mol. The van der Waals surface area contributed by atoms with Crippen LogP contribution in [0.2, 0.25) is 0 Å². The van der Waals surface area contributed by atoms with Crippen LogP contribution in [0.15, 0.2) is 48.5 Å². The molecule has 4 rings (SSSR count). The zero-order valence-corrected chi connectivity index (χ0v) is 27.7. The molecule has 0 bridgehead atoms. The second kappa shape index (κ2) is 50.0. The second-order valence-electron chi connectivity index (χ2n) is 5.12. The number of fused-ring (bicyclic) bond motifs is 2. The van der Waals surface area contributed by atoms with Crippen molar-refractivity contribution >= 4 is 0 Å². The SMILES string of the molecule is CC.CC.CC.CC.CC.CC.CC.CC.c1ccc2c(c1)CCCO2.c1ccc2c(c1)CCCO2. The van der Waals surface area contributed by atoms with E-state index in [1.165, 1.54) is 24.0 Å². The van der Waals surface area contributed by atoms with E-state index in [4.69, 9.17) is 9.47 Å². The van der Waals surface area contributed by atoms with Crippen LogP contribution in [0, 0.1) is 0 Å². The topological polar surface area (TPSA) is 18.5 Å². The van der Waals surface area contributed by atoms with Crippen LogP contribution in [-0.4, -0.2) is 13.2 Å². The highest BCUT2D eigenvalue weighted by molar-refractivity contribution is 5.35. The third-order valence-corrected chi connectivity index (χ3v) is 3.64. The van der Waals surface area contributed by atoms with E-state index >= 15 is 0 Å². The Labute approximate surface area is 230 Å². The highest BCUT2D eigenvalue weighted by Gasteiger charge is 2.07. The van der Waals surface area contributed by atoms with Gasteiger partial charge in [-0.3, -0.25) is 0 Å². The first-order valence-electron chi connectivity index (χ1n) is 15.3. The molecule has 2 heterocycles. The van der Waals surface area contributed by atoms with Crippen LogP contribution in [0.4, 0.5) is 0 Å². The average molecular weight is 509 g/mol. The summed E-state index contributed by atoms with van der Waals surface area (Å²) in [5, 5.41) is 0. The van der Waals surface area contributed by atoms with E-state index in [1.54, 1.807) is 0 Å². The molecule has 36 heavy (non-hydrogen) atoms. The number of hydrogen-bond acceptors (Lipinski definition) is 2. The third-order valence-electron chi connectivity index (χ3n) is 3.64. The Morgan fingerprint density at radius 3 is 0.889 bits per heavy atom.